The Morgan fingerprint density at radius 2 is 2.07 bits per heavy atom. The summed E-state index contributed by atoms with van der Waals surface area (Å²) in [4.78, 5) is 0. The van der Waals surface area contributed by atoms with Crippen LogP contribution in [-0.4, -0.2) is 5.54 Å². The zero-order valence-corrected chi connectivity index (χ0v) is 9.56. The Morgan fingerprint density at radius 1 is 1.36 bits per heavy atom. The largest absolute Gasteiger partial charge is 0.324 e. The fourth-order valence-corrected chi connectivity index (χ4v) is 2.61. The Hall–Kier alpha value is -0.560. The van der Waals surface area contributed by atoms with Gasteiger partial charge in [-0.3, -0.25) is 0 Å². The van der Waals surface area contributed by atoms with Gasteiger partial charge in [0.05, 0.1) is 0 Å². The van der Waals surface area contributed by atoms with Gasteiger partial charge in [-0.05, 0) is 49.7 Å². The van der Waals surface area contributed by atoms with Gasteiger partial charge in [-0.2, -0.15) is 0 Å². The molecule has 2 aliphatic carbocycles. The third kappa shape index (κ3) is 1.44. The van der Waals surface area contributed by atoms with Gasteiger partial charge in [0.25, 0.3) is 0 Å². The van der Waals surface area contributed by atoms with Crippen LogP contribution in [0.25, 0.3) is 0 Å². The van der Waals surface area contributed by atoms with E-state index < -0.39 is 0 Å². The van der Waals surface area contributed by atoms with Crippen LogP contribution < -0.4 is 5.73 Å². The Morgan fingerprint density at radius 3 is 2.64 bits per heavy atom. The highest BCUT2D eigenvalue weighted by molar-refractivity contribution is 5.45. The minimum Gasteiger partial charge on any atom is -0.324 e. The quantitative estimate of drug-likeness (QED) is 0.677. The summed E-state index contributed by atoms with van der Waals surface area (Å²) in [5.41, 5.74) is 11.2. The zero-order valence-electron chi connectivity index (χ0n) is 9.56. The summed E-state index contributed by atoms with van der Waals surface area (Å²) in [7, 11) is 0. The molecule has 1 atom stereocenters. The second kappa shape index (κ2) is 3.23. The van der Waals surface area contributed by atoms with Crippen LogP contribution in [0.5, 0.6) is 0 Å². The van der Waals surface area contributed by atoms with Crippen molar-refractivity contribution in [3.8, 4) is 0 Å². The number of rotatable bonds is 1. The number of nitrogens with two attached hydrogens (primary N) is 1. The maximum absolute atomic E-state index is 6.45. The average molecular weight is 191 g/mol. The topological polar surface area (TPSA) is 26.0 Å². The van der Waals surface area contributed by atoms with Crippen LogP contribution in [0.2, 0.25) is 0 Å². The molecular weight excluding hydrogens is 170 g/mol. The van der Waals surface area contributed by atoms with Gasteiger partial charge in [0.15, 0.2) is 0 Å². The zero-order chi connectivity index (χ0) is 10.3. The fourth-order valence-electron chi connectivity index (χ4n) is 2.61. The summed E-state index contributed by atoms with van der Waals surface area (Å²) < 4.78 is 0. The van der Waals surface area contributed by atoms with Crippen molar-refractivity contribution in [3.05, 3.63) is 22.8 Å². The predicted molar refractivity (Wildman–Crippen MR) is 61.0 cm³/mol. The summed E-state index contributed by atoms with van der Waals surface area (Å²) in [6.07, 6.45) is 7.06. The SMILES string of the molecule is CC1=C2CC(N)(C(C)C)CC2=CCC1. The lowest BCUT2D eigenvalue weighted by atomic mass is 9.85. The third-order valence-corrected chi connectivity index (χ3v) is 3.99. The third-order valence-electron chi connectivity index (χ3n) is 3.99. The standard InChI is InChI=1S/C13H21N/c1-9(2)13(14)7-11-6-4-5-10(3)12(11)8-13/h6,9H,4-5,7-8,14H2,1-3H3. The minimum absolute atomic E-state index is 0.0345. The molecule has 0 saturated heterocycles. The molecule has 1 fully saturated rings. The molecule has 78 valence electrons. The molecule has 1 heteroatoms. The normalized spacial score (nSPS) is 32.2. The molecule has 2 N–H and O–H groups in total. The second-order valence-corrected chi connectivity index (χ2v) is 5.27. The highest BCUT2D eigenvalue weighted by Gasteiger charge is 2.39. The van der Waals surface area contributed by atoms with E-state index in [-0.39, 0.29) is 5.54 Å². The van der Waals surface area contributed by atoms with E-state index in [1.807, 2.05) is 0 Å². The maximum atomic E-state index is 6.45. The van der Waals surface area contributed by atoms with Crippen molar-refractivity contribution in [1.82, 2.24) is 0 Å². The van der Waals surface area contributed by atoms with E-state index in [1.165, 1.54) is 12.8 Å². The van der Waals surface area contributed by atoms with Gasteiger partial charge in [-0.25, -0.2) is 0 Å². The molecule has 0 aliphatic heterocycles. The highest BCUT2D eigenvalue weighted by Crippen LogP contribution is 2.45. The summed E-state index contributed by atoms with van der Waals surface area (Å²) >= 11 is 0. The molecule has 0 radical (unpaired) electrons. The molecular formula is C13H21N. The van der Waals surface area contributed by atoms with E-state index in [2.05, 4.69) is 26.8 Å². The summed E-state index contributed by atoms with van der Waals surface area (Å²) in [5, 5.41) is 0. The smallest absolute Gasteiger partial charge is 0.0259 e. The lowest BCUT2D eigenvalue weighted by Gasteiger charge is -2.27. The lowest BCUT2D eigenvalue weighted by molar-refractivity contribution is 0.330. The molecule has 1 saturated carbocycles. The molecule has 0 amide bonds. The monoisotopic (exact) mass is 191 g/mol. The molecule has 0 spiro atoms. The number of allylic oxidation sites excluding steroid dienone is 2. The first-order chi connectivity index (χ1) is 6.53. The summed E-state index contributed by atoms with van der Waals surface area (Å²) in [5.74, 6) is 0.578. The van der Waals surface area contributed by atoms with Crippen molar-refractivity contribution < 1.29 is 0 Å². The van der Waals surface area contributed by atoms with Crippen molar-refractivity contribution in [2.45, 2.75) is 52.0 Å². The van der Waals surface area contributed by atoms with Crippen molar-refractivity contribution >= 4 is 0 Å². The number of hydrogen-bond acceptors (Lipinski definition) is 1. The molecule has 2 rings (SSSR count). The van der Waals surface area contributed by atoms with E-state index in [9.17, 15) is 0 Å². The predicted octanol–water partition coefficient (Wildman–Crippen LogP) is 3.17. The van der Waals surface area contributed by atoms with Crippen molar-refractivity contribution in [2.75, 3.05) is 0 Å². The van der Waals surface area contributed by atoms with Gasteiger partial charge >= 0.3 is 0 Å². The van der Waals surface area contributed by atoms with Crippen molar-refractivity contribution in [2.24, 2.45) is 11.7 Å². The molecule has 1 unspecified atom stereocenters. The maximum Gasteiger partial charge on any atom is 0.0259 e. The molecule has 14 heavy (non-hydrogen) atoms. The van der Waals surface area contributed by atoms with Gasteiger partial charge in [0, 0.05) is 5.54 Å². The van der Waals surface area contributed by atoms with E-state index >= 15 is 0 Å². The molecule has 0 heterocycles. The fraction of sp³-hybridized carbons (Fsp3) is 0.692. The van der Waals surface area contributed by atoms with E-state index in [4.69, 9.17) is 5.73 Å². The Kier molecular flexibility index (Phi) is 2.30. The Bertz CT molecular complexity index is 309. The van der Waals surface area contributed by atoms with Crippen LogP contribution in [0, 0.1) is 5.92 Å². The van der Waals surface area contributed by atoms with Gasteiger partial charge < -0.3 is 5.73 Å². The summed E-state index contributed by atoms with van der Waals surface area (Å²) in [6, 6.07) is 0. The van der Waals surface area contributed by atoms with Gasteiger partial charge in [0.2, 0.25) is 0 Å². The van der Waals surface area contributed by atoms with Crippen LogP contribution >= 0.6 is 0 Å². The lowest BCUT2D eigenvalue weighted by Crippen LogP contribution is -2.42. The molecule has 2 aliphatic rings. The Balaban J connectivity index is 2.32. The van der Waals surface area contributed by atoms with Gasteiger partial charge in [-0.15, -0.1) is 0 Å². The van der Waals surface area contributed by atoms with Crippen LogP contribution in [0.15, 0.2) is 22.8 Å². The first-order valence-corrected chi connectivity index (χ1v) is 5.70. The Labute approximate surface area is 87.1 Å². The van der Waals surface area contributed by atoms with E-state index in [0.717, 1.165) is 12.8 Å². The number of fused-ring (bicyclic) bond motifs is 1. The van der Waals surface area contributed by atoms with Crippen molar-refractivity contribution in [1.29, 1.82) is 0 Å². The summed E-state index contributed by atoms with van der Waals surface area (Å²) in [6.45, 7) is 6.76. The second-order valence-electron chi connectivity index (χ2n) is 5.27. The number of hydrogen-bond donors (Lipinski definition) is 1. The molecule has 0 aromatic carbocycles. The van der Waals surface area contributed by atoms with Crippen molar-refractivity contribution in [3.63, 3.8) is 0 Å². The van der Waals surface area contributed by atoms with Crippen LogP contribution in [0.3, 0.4) is 0 Å². The van der Waals surface area contributed by atoms with E-state index in [1.54, 1.807) is 16.7 Å². The van der Waals surface area contributed by atoms with Crippen LogP contribution in [0.4, 0.5) is 0 Å². The first kappa shape index (κ1) is 9.97. The van der Waals surface area contributed by atoms with Gasteiger partial charge in [-0.1, -0.05) is 25.5 Å². The van der Waals surface area contributed by atoms with E-state index in [0.29, 0.717) is 5.92 Å². The van der Waals surface area contributed by atoms with Crippen LogP contribution in [0.1, 0.15) is 46.5 Å². The van der Waals surface area contributed by atoms with Crippen LogP contribution in [-0.2, 0) is 0 Å². The molecule has 0 aromatic heterocycles. The average Bonchev–Trinajstić information content (AvgIpc) is 2.45. The molecule has 1 nitrogen and oxygen atoms in total. The first-order valence-electron chi connectivity index (χ1n) is 5.70. The minimum atomic E-state index is 0.0345. The molecule has 0 aromatic rings. The molecule has 0 bridgehead atoms. The van der Waals surface area contributed by atoms with Gasteiger partial charge in [0.1, 0.15) is 0 Å². The highest BCUT2D eigenvalue weighted by atomic mass is 14.8.